The number of hydrogen-bond donors (Lipinski definition) is 1. The Morgan fingerprint density at radius 1 is 1.04 bits per heavy atom. The Kier molecular flexibility index (Phi) is 4.03. The second kappa shape index (κ2) is 6.49. The second-order valence-corrected chi connectivity index (χ2v) is 6.32. The molecular weight excluding hydrogens is 380 g/mol. The van der Waals surface area contributed by atoms with Crippen molar-refractivity contribution in [2.24, 2.45) is 0 Å². The molecule has 122 valence electrons. The Balaban J connectivity index is 1.56. The molecule has 5 nitrogen and oxygen atoms in total. The minimum absolute atomic E-state index is 0.155. The van der Waals surface area contributed by atoms with Gasteiger partial charge in [-0.15, -0.1) is 0 Å². The summed E-state index contributed by atoms with van der Waals surface area (Å²) in [5.41, 5.74) is 3.12. The molecule has 0 spiro atoms. The van der Waals surface area contributed by atoms with E-state index in [1.165, 1.54) is 0 Å². The number of nitrogens with one attached hydrogen (secondary N) is 1. The molecule has 0 aliphatic rings. The first-order valence-electron chi connectivity index (χ1n) is 7.67. The van der Waals surface area contributed by atoms with Crippen molar-refractivity contribution in [3.05, 3.63) is 83.2 Å². The molecule has 1 amide bonds. The van der Waals surface area contributed by atoms with Gasteiger partial charge in [-0.25, -0.2) is 9.97 Å². The van der Waals surface area contributed by atoms with Gasteiger partial charge in [-0.2, -0.15) is 0 Å². The van der Waals surface area contributed by atoms with Crippen molar-refractivity contribution < 1.29 is 4.79 Å². The molecule has 2 heterocycles. The molecule has 4 aromatic rings. The lowest BCUT2D eigenvalue weighted by atomic mass is 10.1. The van der Waals surface area contributed by atoms with E-state index in [0.717, 1.165) is 21.4 Å². The molecule has 0 fully saturated rings. The smallest absolute Gasteiger partial charge is 0.256 e. The summed E-state index contributed by atoms with van der Waals surface area (Å²) in [7, 11) is 0. The van der Waals surface area contributed by atoms with Gasteiger partial charge in [0.1, 0.15) is 0 Å². The zero-order chi connectivity index (χ0) is 17.2. The molecule has 4 rings (SSSR count). The predicted molar refractivity (Wildman–Crippen MR) is 101 cm³/mol. The highest BCUT2D eigenvalue weighted by molar-refractivity contribution is 9.10. The molecule has 0 aliphatic carbocycles. The molecule has 6 heteroatoms. The van der Waals surface area contributed by atoms with E-state index in [2.05, 4.69) is 31.2 Å². The Hall–Kier alpha value is -2.99. The number of benzene rings is 2. The molecule has 0 unspecified atom stereocenters. The molecule has 25 heavy (non-hydrogen) atoms. The summed E-state index contributed by atoms with van der Waals surface area (Å²) in [5, 5.41) is 2.90. The number of carbonyl (C=O) groups is 1. The number of hydrogen-bond acceptors (Lipinski definition) is 3. The fraction of sp³-hybridized carbons (Fsp3) is 0. The molecule has 0 aliphatic heterocycles. The summed E-state index contributed by atoms with van der Waals surface area (Å²) in [6.45, 7) is 0. The number of amides is 1. The molecule has 0 saturated carbocycles. The van der Waals surface area contributed by atoms with Crippen molar-refractivity contribution in [1.29, 1.82) is 0 Å². The molecule has 0 atom stereocenters. The van der Waals surface area contributed by atoms with Crippen LogP contribution in [0.5, 0.6) is 0 Å². The van der Waals surface area contributed by atoms with Crippen molar-refractivity contribution in [3.63, 3.8) is 0 Å². The lowest BCUT2D eigenvalue weighted by Crippen LogP contribution is -2.12. The van der Waals surface area contributed by atoms with Crippen LogP contribution >= 0.6 is 15.9 Å². The summed E-state index contributed by atoms with van der Waals surface area (Å²) in [5.74, 6) is 0.501. The highest BCUT2D eigenvalue weighted by atomic mass is 79.9. The number of aromatic nitrogens is 3. The van der Waals surface area contributed by atoms with Gasteiger partial charge in [-0.1, -0.05) is 24.3 Å². The lowest BCUT2D eigenvalue weighted by Gasteiger charge is -2.07. The van der Waals surface area contributed by atoms with Gasteiger partial charge in [0, 0.05) is 34.3 Å². The number of rotatable bonds is 3. The maximum atomic E-state index is 12.3. The fourth-order valence-corrected chi connectivity index (χ4v) is 3.00. The van der Waals surface area contributed by atoms with Crippen LogP contribution in [0.25, 0.3) is 17.0 Å². The second-order valence-electron chi connectivity index (χ2n) is 5.46. The zero-order valence-electron chi connectivity index (χ0n) is 13.1. The summed E-state index contributed by atoms with van der Waals surface area (Å²) in [6.07, 6.45) is 5.55. The quantitative estimate of drug-likeness (QED) is 0.561. The van der Waals surface area contributed by atoms with E-state index in [9.17, 15) is 4.79 Å². The van der Waals surface area contributed by atoms with Crippen molar-refractivity contribution >= 4 is 33.3 Å². The van der Waals surface area contributed by atoms with Crippen LogP contribution in [0.3, 0.4) is 0 Å². The predicted octanol–water partition coefficient (Wildman–Crippen LogP) is 4.41. The monoisotopic (exact) mass is 392 g/mol. The standard InChI is InChI=1S/C19H13BrN4O/c20-16-5-2-1-4-15(16)18(25)22-14-8-6-13(7-9-14)17-12-24-11-3-10-21-19(24)23-17/h1-12H,(H,22,25). The van der Waals surface area contributed by atoms with Gasteiger partial charge in [0.2, 0.25) is 5.78 Å². The van der Waals surface area contributed by atoms with Gasteiger partial charge in [-0.3, -0.25) is 9.20 Å². The fourth-order valence-electron chi connectivity index (χ4n) is 2.54. The highest BCUT2D eigenvalue weighted by Crippen LogP contribution is 2.22. The van der Waals surface area contributed by atoms with Gasteiger partial charge in [-0.05, 0) is 46.3 Å². The maximum Gasteiger partial charge on any atom is 0.256 e. The SMILES string of the molecule is O=C(Nc1ccc(-c2cn3cccnc3n2)cc1)c1ccccc1Br. The average Bonchev–Trinajstić information content (AvgIpc) is 3.07. The summed E-state index contributed by atoms with van der Waals surface area (Å²) in [4.78, 5) is 21.0. The molecule has 0 radical (unpaired) electrons. The van der Waals surface area contributed by atoms with E-state index in [-0.39, 0.29) is 5.91 Å². The first kappa shape index (κ1) is 15.5. The van der Waals surface area contributed by atoms with E-state index in [0.29, 0.717) is 11.3 Å². The Labute approximate surface area is 152 Å². The van der Waals surface area contributed by atoms with Crippen LogP contribution in [0.2, 0.25) is 0 Å². The highest BCUT2D eigenvalue weighted by Gasteiger charge is 2.10. The van der Waals surface area contributed by atoms with E-state index >= 15 is 0 Å². The van der Waals surface area contributed by atoms with Gasteiger partial charge >= 0.3 is 0 Å². The first-order valence-corrected chi connectivity index (χ1v) is 8.46. The van der Waals surface area contributed by atoms with Crippen LogP contribution in [0.15, 0.2) is 77.7 Å². The van der Waals surface area contributed by atoms with Crippen LogP contribution in [-0.2, 0) is 0 Å². The Morgan fingerprint density at radius 2 is 1.84 bits per heavy atom. The topological polar surface area (TPSA) is 59.3 Å². The van der Waals surface area contributed by atoms with Gasteiger partial charge in [0.05, 0.1) is 11.3 Å². The van der Waals surface area contributed by atoms with Crippen LogP contribution in [0, 0.1) is 0 Å². The van der Waals surface area contributed by atoms with Gasteiger partial charge in [0.25, 0.3) is 5.91 Å². The first-order chi connectivity index (χ1) is 12.2. The molecular formula is C19H13BrN4O. The third-order valence-corrected chi connectivity index (χ3v) is 4.48. The zero-order valence-corrected chi connectivity index (χ0v) is 14.6. The molecule has 0 saturated heterocycles. The van der Waals surface area contributed by atoms with Crippen molar-refractivity contribution in [1.82, 2.24) is 14.4 Å². The maximum absolute atomic E-state index is 12.3. The molecule has 0 bridgehead atoms. The minimum atomic E-state index is -0.155. The molecule has 1 N–H and O–H groups in total. The van der Waals surface area contributed by atoms with E-state index in [4.69, 9.17) is 0 Å². The molecule has 2 aromatic heterocycles. The number of fused-ring (bicyclic) bond motifs is 1. The van der Waals surface area contributed by atoms with E-state index < -0.39 is 0 Å². The van der Waals surface area contributed by atoms with Crippen molar-refractivity contribution in [2.45, 2.75) is 0 Å². The van der Waals surface area contributed by atoms with Crippen LogP contribution in [0.1, 0.15) is 10.4 Å². The van der Waals surface area contributed by atoms with Gasteiger partial charge < -0.3 is 5.32 Å². The number of imidazole rings is 1. The number of carbonyl (C=O) groups excluding carboxylic acids is 1. The van der Waals surface area contributed by atoms with Crippen LogP contribution in [0.4, 0.5) is 5.69 Å². The Morgan fingerprint density at radius 3 is 2.60 bits per heavy atom. The third kappa shape index (κ3) is 3.16. The Bertz CT molecular complexity index is 1020. The van der Waals surface area contributed by atoms with E-state index in [1.807, 2.05) is 65.3 Å². The van der Waals surface area contributed by atoms with E-state index in [1.54, 1.807) is 12.3 Å². The number of nitrogens with zero attached hydrogens (tertiary/aromatic N) is 3. The lowest BCUT2D eigenvalue weighted by molar-refractivity contribution is 0.102. The summed E-state index contributed by atoms with van der Waals surface area (Å²) < 4.78 is 2.64. The minimum Gasteiger partial charge on any atom is -0.322 e. The summed E-state index contributed by atoms with van der Waals surface area (Å²) in [6, 6.07) is 16.8. The van der Waals surface area contributed by atoms with Crippen molar-refractivity contribution in [3.8, 4) is 11.3 Å². The average molecular weight is 393 g/mol. The normalized spacial score (nSPS) is 10.8. The molecule has 2 aromatic carbocycles. The third-order valence-electron chi connectivity index (χ3n) is 3.79. The summed E-state index contributed by atoms with van der Waals surface area (Å²) >= 11 is 3.39. The van der Waals surface area contributed by atoms with Crippen molar-refractivity contribution in [2.75, 3.05) is 5.32 Å². The largest absolute Gasteiger partial charge is 0.322 e. The van der Waals surface area contributed by atoms with Crippen LogP contribution < -0.4 is 5.32 Å². The van der Waals surface area contributed by atoms with Gasteiger partial charge in [0.15, 0.2) is 0 Å². The van der Waals surface area contributed by atoms with Crippen LogP contribution in [-0.4, -0.2) is 20.3 Å². The number of halogens is 1. The number of anilines is 1.